The zero-order chi connectivity index (χ0) is 11.4. The molecule has 16 heavy (non-hydrogen) atoms. The Hall–Kier alpha value is -1.55. The first kappa shape index (κ1) is 11.0. The predicted octanol–water partition coefficient (Wildman–Crippen LogP) is 1.45. The molecule has 0 saturated carbocycles. The number of halogens is 1. The van der Waals surface area contributed by atoms with Crippen molar-refractivity contribution < 1.29 is 13.9 Å². The molecule has 0 spiro atoms. The number of isocyanates is 1. The van der Waals surface area contributed by atoms with E-state index in [1.807, 2.05) is 0 Å². The Morgan fingerprint density at radius 1 is 1.56 bits per heavy atom. The number of carbonyl (C=O) groups excluding carboxylic acids is 1. The molecule has 1 aromatic rings. The first-order chi connectivity index (χ1) is 7.81. The van der Waals surface area contributed by atoms with Crippen LogP contribution in [-0.4, -0.2) is 25.8 Å². The van der Waals surface area contributed by atoms with Crippen LogP contribution in [-0.2, 0) is 9.53 Å². The van der Waals surface area contributed by atoms with Crippen LogP contribution in [0.3, 0.4) is 0 Å². The lowest BCUT2D eigenvalue weighted by Gasteiger charge is -2.24. The molecule has 1 fully saturated rings. The number of benzene rings is 1. The Kier molecular flexibility index (Phi) is 3.41. The van der Waals surface area contributed by atoms with Crippen LogP contribution in [0.2, 0.25) is 0 Å². The highest BCUT2D eigenvalue weighted by atomic mass is 19.1. The highest BCUT2D eigenvalue weighted by Crippen LogP contribution is 2.25. The van der Waals surface area contributed by atoms with Gasteiger partial charge in [0.25, 0.3) is 0 Å². The molecular formula is C11H11FN2O2. The number of hydrogen-bond donors (Lipinski definition) is 1. The molecule has 2 rings (SSSR count). The van der Waals surface area contributed by atoms with Crippen molar-refractivity contribution in [2.75, 3.05) is 19.7 Å². The number of morpholine rings is 1. The molecule has 0 unspecified atom stereocenters. The van der Waals surface area contributed by atoms with Gasteiger partial charge in [0.2, 0.25) is 6.08 Å². The molecular weight excluding hydrogens is 211 g/mol. The van der Waals surface area contributed by atoms with Crippen LogP contribution >= 0.6 is 0 Å². The minimum Gasteiger partial charge on any atom is -0.371 e. The van der Waals surface area contributed by atoms with E-state index in [-0.39, 0.29) is 11.8 Å². The van der Waals surface area contributed by atoms with Crippen molar-refractivity contribution in [1.82, 2.24) is 5.32 Å². The van der Waals surface area contributed by atoms with Crippen molar-refractivity contribution in [2.45, 2.75) is 6.10 Å². The summed E-state index contributed by atoms with van der Waals surface area (Å²) in [5.41, 5.74) is 0.747. The number of ether oxygens (including phenoxy) is 1. The van der Waals surface area contributed by atoms with Crippen LogP contribution in [0.1, 0.15) is 11.7 Å². The third-order valence-electron chi connectivity index (χ3n) is 2.43. The van der Waals surface area contributed by atoms with Gasteiger partial charge in [0, 0.05) is 24.7 Å². The van der Waals surface area contributed by atoms with Gasteiger partial charge in [-0.1, -0.05) is 6.07 Å². The SMILES string of the molecule is O=C=Nc1ccc([C@H]2CNCCO2)c(F)c1. The Morgan fingerprint density at radius 2 is 2.44 bits per heavy atom. The minimum absolute atomic E-state index is 0.264. The second-order valence-electron chi connectivity index (χ2n) is 3.47. The van der Waals surface area contributed by atoms with Crippen LogP contribution in [0.4, 0.5) is 10.1 Å². The summed E-state index contributed by atoms with van der Waals surface area (Å²) in [5, 5.41) is 3.12. The summed E-state index contributed by atoms with van der Waals surface area (Å²) in [6.07, 6.45) is 1.10. The van der Waals surface area contributed by atoms with Gasteiger partial charge in [-0.05, 0) is 6.07 Å². The topological polar surface area (TPSA) is 50.7 Å². The lowest BCUT2D eigenvalue weighted by molar-refractivity contribution is 0.0255. The number of rotatable bonds is 2. The molecule has 0 radical (unpaired) electrons. The van der Waals surface area contributed by atoms with Gasteiger partial charge in [-0.3, -0.25) is 0 Å². The van der Waals surface area contributed by atoms with Gasteiger partial charge in [0.15, 0.2) is 0 Å². The average Bonchev–Trinajstić information content (AvgIpc) is 2.31. The molecule has 0 bridgehead atoms. The number of nitrogens with one attached hydrogen (secondary N) is 1. The maximum Gasteiger partial charge on any atom is 0.240 e. The third kappa shape index (κ3) is 2.33. The molecule has 1 aromatic carbocycles. The fourth-order valence-electron chi connectivity index (χ4n) is 1.66. The molecule has 1 N–H and O–H groups in total. The van der Waals surface area contributed by atoms with Crippen molar-refractivity contribution in [3.8, 4) is 0 Å². The van der Waals surface area contributed by atoms with Crippen LogP contribution in [0.25, 0.3) is 0 Å². The van der Waals surface area contributed by atoms with Crippen molar-refractivity contribution >= 4 is 11.8 Å². The van der Waals surface area contributed by atoms with E-state index in [9.17, 15) is 9.18 Å². The van der Waals surface area contributed by atoms with Crippen LogP contribution in [0.5, 0.6) is 0 Å². The lowest BCUT2D eigenvalue weighted by atomic mass is 10.1. The van der Waals surface area contributed by atoms with E-state index >= 15 is 0 Å². The molecule has 1 saturated heterocycles. The normalized spacial score (nSPS) is 20.2. The van der Waals surface area contributed by atoms with E-state index in [1.165, 1.54) is 12.1 Å². The zero-order valence-electron chi connectivity index (χ0n) is 8.57. The fourth-order valence-corrected chi connectivity index (χ4v) is 1.66. The smallest absolute Gasteiger partial charge is 0.240 e. The number of hydrogen-bond acceptors (Lipinski definition) is 4. The molecule has 0 aromatic heterocycles. The van der Waals surface area contributed by atoms with Gasteiger partial charge >= 0.3 is 0 Å². The molecule has 4 nitrogen and oxygen atoms in total. The maximum absolute atomic E-state index is 13.7. The summed E-state index contributed by atoms with van der Waals surface area (Å²) in [7, 11) is 0. The Labute approximate surface area is 92.1 Å². The number of nitrogens with zero attached hydrogens (tertiary/aromatic N) is 1. The second kappa shape index (κ2) is 4.99. The standard InChI is InChI=1S/C11H11FN2O2/c12-10-5-8(14-7-15)1-2-9(10)11-6-13-3-4-16-11/h1-2,5,11,13H,3-4,6H2/t11-/m1/s1. The Bertz CT molecular complexity index is 424. The quantitative estimate of drug-likeness (QED) is 0.608. The van der Waals surface area contributed by atoms with E-state index in [0.29, 0.717) is 18.7 Å². The maximum atomic E-state index is 13.7. The van der Waals surface area contributed by atoms with Gasteiger partial charge in [-0.25, -0.2) is 9.18 Å². The van der Waals surface area contributed by atoms with Crippen molar-refractivity contribution in [2.24, 2.45) is 4.99 Å². The summed E-state index contributed by atoms with van der Waals surface area (Å²) < 4.78 is 19.1. The van der Waals surface area contributed by atoms with Crippen molar-refractivity contribution in [3.63, 3.8) is 0 Å². The first-order valence-electron chi connectivity index (χ1n) is 5.01. The predicted molar refractivity (Wildman–Crippen MR) is 55.7 cm³/mol. The molecule has 1 aliphatic rings. The highest BCUT2D eigenvalue weighted by Gasteiger charge is 2.19. The highest BCUT2D eigenvalue weighted by molar-refractivity contribution is 5.49. The molecule has 0 amide bonds. The van der Waals surface area contributed by atoms with Gasteiger partial charge in [0.1, 0.15) is 5.82 Å². The van der Waals surface area contributed by atoms with Crippen molar-refractivity contribution in [3.05, 3.63) is 29.6 Å². The van der Waals surface area contributed by atoms with Gasteiger partial charge < -0.3 is 10.1 Å². The minimum atomic E-state index is -0.412. The van der Waals surface area contributed by atoms with Gasteiger partial charge in [-0.2, -0.15) is 4.99 Å². The lowest BCUT2D eigenvalue weighted by Crippen LogP contribution is -2.33. The molecule has 1 aliphatic heterocycles. The summed E-state index contributed by atoms with van der Waals surface area (Å²) in [6, 6.07) is 4.36. The molecule has 5 heteroatoms. The zero-order valence-corrected chi connectivity index (χ0v) is 8.57. The molecule has 84 valence electrons. The second-order valence-corrected chi connectivity index (χ2v) is 3.47. The van der Waals surface area contributed by atoms with E-state index in [2.05, 4.69) is 10.3 Å². The van der Waals surface area contributed by atoms with E-state index in [1.54, 1.807) is 12.1 Å². The molecule has 1 atom stereocenters. The largest absolute Gasteiger partial charge is 0.371 e. The number of aliphatic imine (C=N–C) groups is 1. The van der Waals surface area contributed by atoms with Crippen LogP contribution < -0.4 is 5.32 Å². The van der Waals surface area contributed by atoms with Crippen LogP contribution in [0.15, 0.2) is 23.2 Å². The summed E-state index contributed by atoms with van der Waals surface area (Å²) >= 11 is 0. The monoisotopic (exact) mass is 222 g/mol. The average molecular weight is 222 g/mol. The Balaban J connectivity index is 2.24. The Morgan fingerprint density at radius 3 is 3.06 bits per heavy atom. The fraction of sp³-hybridized carbons (Fsp3) is 0.364. The molecule has 0 aliphatic carbocycles. The first-order valence-corrected chi connectivity index (χ1v) is 5.01. The van der Waals surface area contributed by atoms with Gasteiger partial charge in [0.05, 0.1) is 18.4 Å². The summed E-state index contributed by atoms with van der Waals surface area (Å²) in [5.74, 6) is -0.412. The third-order valence-corrected chi connectivity index (χ3v) is 2.43. The summed E-state index contributed by atoms with van der Waals surface area (Å²) in [4.78, 5) is 13.4. The van der Waals surface area contributed by atoms with Crippen molar-refractivity contribution in [1.29, 1.82) is 0 Å². The van der Waals surface area contributed by atoms with Crippen LogP contribution in [0, 0.1) is 5.82 Å². The van der Waals surface area contributed by atoms with Gasteiger partial charge in [-0.15, -0.1) is 0 Å². The summed E-state index contributed by atoms with van der Waals surface area (Å²) in [6.45, 7) is 1.94. The van der Waals surface area contributed by atoms with E-state index < -0.39 is 5.82 Å². The van der Waals surface area contributed by atoms with E-state index in [4.69, 9.17) is 4.74 Å². The van der Waals surface area contributed by atoms with E-state index in [0.717, 1.165) is 6.54 Å². The molecule has 1 heterocycles.